The number of halogens is 2. The molecule has 0 aliphatic carbocycles. The average molecular weight is 565 g/mol. The van der Waals surface area contributed by atoms with Gasteiger partial charge in [-0.1, -0.05) is 61.7 Å². The van der Waals surface area contributed by atoms with Gasteiger partial charge in [-0.05, 0) is 92.3 Å². The number of aryl methyl sites for hydroxylation is 5. The molecular formula is C25H27Br2NO2S. The minimum absolute atomic E-state index is 0.310. The van der Waals surface area contributed by atoms with Crippen LogP contribution in [0.5, 0.6) is 0 Å². The second-order valence-electron chi connectivity index (χ2n) is 8.14. The van der Waals surface area contributed by atoms with Crippen molar-refractivity contribution in [3.8, 4) is 0 Å². The molecule has 0 fully saturated rings. The third-order valence-corrected chi connectivity index (χ3v) is 9.10. The van der Waals surface area contributed by atoms with Crippen LogP contribution in [0.15, 0.2) is 62.4 Å². The predicted molar refractivity (Wildman–Crippen MR) is 135 cm³/mol. The van der Waals surface area contributed by atoms with Gasteiger partial charge in [0.1, 0.15) is 0 Å². The van der Waals surface area contributed by atoms with E-state index >= 15 is 0 Å². The highest BCUT2D eigenvalue weighted by molar-refractivity contribution is 9.10. The topological polar surface area (TPSA) is 37.4 Å². The molecule has 0 aromatic heterocycles. The van der Waals surface area contributed by atoms with E-state index < -0.39 is 10.0 Å². The molecule has 0 heterocycles. The van der Waals surface area contributed by atoms with Gasteiger partial charge < -0.3 is 0 Å². The van der Waals surface area contributed by atoms with Crippen LogP contribution in [-0.4, -0.2) is 12.7 Å². The fourth-order valence-electron chi connectivity index (χ4n) is 3.49. The number of rotatable bonds is 6. The Labute approximate surface area is 202 Å². The van der Waals surface area contributed by atoms with E-state index in [1.54, 1.807) is 16.4 Å². The lowest BCUT2D eigenvalue weighted by molar-refractivity contribution is 0.399. The van der Waals surface area contributed by atoms with Crippen molar-refractivity contribution in [1.82, 2.24) is 4.31 Å². The van der Waals surface area contributed by atoms with Crippen LogP contribution in [0.3, 0.4) is 0 Å². The maximum absolute atomic E-state index is 13.7. The van der Waals surface area contributed by atoms with E-state index in [9.17, 15) is 8.42 Å². The Morgan fingerprint density at radius 1 is 0.677 bits per heavy atom. The second-order valence-corrected chi connectivity index (χ2v) is 11.8. The lowest BCUT2D eigenvalue weighted by atomic mass is 10.0. The van der Waals surface area contributed by atoms with Crippen molar-refractivity contribution in [2.45, 2.75) is 52.6 Å². The molecule has 6 heteroatoms. The van der Waals surface area contributed by atoms with E-state index in [4.69, 9.17) is 0 Å². The minimum atomic E-state index is -3.68. The SMILES string of the molecule is Cc1ccc(S(=O)(=O)N(Cc2cc(C)c(Br)cc2C)Cc2cc(C)c(Br)cc2C)cc1. The summed E-state index contributed by atoms with van der Waals surface area (Å²) in [5.41, 5.74) is 7.33. The molecular weight excluding hydrogens is 538 g/mol. The second kappa shape index (κ2) is 9.57. The van der Waals surface area contributed by atoms with Gasteiger partial charge in [0.05, 0.1) is 4.90 Å². The predicted octanol–water partition coefficient (Wildman–Crippen LogP) is 7.14. The summed E-state index contributed by atoms with van der Waals surface area (Å²) in [6.45, 7) is 10.7. The number of hydrogen-bond acceptors (Lipinski definition) is 2. The molecule has 0 atom stereocenters. The summed E-state index contributed by atoms with van der Waals surface area (Å²) in [6, 6.07) is 15.3. The zero-order valence-corrected chi connectivity index (χ0v) is 22.4. The molecule has 0 N–H and O–H groups in total. The van der Waals surface area contributed by atoms with Crippen LogP contribution >= 0.6 is 31.9 Å². The maximum atomic E-state index is 13.7. The van der Waals surface area contributed by atoms with Crippen molar-refractivity contribution in [2.24, 2.45) is 0 Å². The number of benzene rings is 3. The van der Waals surface area contributed by atoms with Gasteiger partial charge in [0.15, 0.2) is 0 Å². The van der Waals surface area contributed by atoms with Gasteiger partial charge in [-0.15, -0.1) is 0 Å². The van der Waals surface area contributed by atoms with Crippen molar-refractivity contribution < 1.29 is 8.42 Å². The largest absolute Gasteiger partial charge is 0.243 e. The van der Waals surface area contributed by atoms with Crippen LogP contribution < -0.4 is 0 Å². The minimum Gasteiger partial charge on any atom is -0.207 e. The molecule has 0 aliphatic rings. The molecule has 0 aliphatic heterocycles. The highest BCUT2D eigenvalue weighted by Gasteiger charge is 2.26. The van der Waals surface area contributed by atoms with Crippen LogP contribution in [0.2, 0.25) is 0 Å². The Morgan fingerprint density at radius 2 is 1.10 bits per heavy atom. The van der Waals surface area contributed by atoms with Gasteiger partial charge in [0.25, 0.3) is 0 Å². The van der Waals surface area contributed by atoms with E-state index in [1.165, 1.54) is 0 Å². The van der Waals surface area contributed by atoms with Crippen LogP contribution in [-0.2, 0) is 23.1 Å². The monoisotopic (exact) mass is 563 g/mol. The summed E-state index contributed by atoms with van der Waals surface area (Å²) in [6.07, 6.45) is 0. The first-order chi connectivity index (χ1) is 14.5. The summed E-state index contributed by atoms with van der Waals surface area (Å²) >= 11 is 7.14. The molecule has 3 aromatic rings. The fraction of sp³-hybridized carbons (Fsp3) is 0.280. The summed E-state index contributed by atoms with van der Waals surface area (Å²) in [4.78, 5) is 0.316. The van der Waals surface area contributed by atoms with E-state index in [2.05, 4.69) is 56.1 Å². The highest BCUT2D eigenvalue weighted by Crippen LogP contribution is 2.28. The number of nitrogens with zero attached hydrogens (tertiary/aromatic N) is 1. The standard InChI is InChI=1S/C25H27Br2NO2S/c1-16-6-8-23(9-7-16)31(29,30)28(14-21-10-19(4)24(26)12-17(21)2)15-22-11-20(5)25(27)13-18(22)3/h6-13H,14-15H2,1-5H3. The highest BCUT2D eigenvalue weighted by atomic mass is 79.9. The van der Waals surface area contributed by atoms with Gasteiger partial charge in [0, 0.05) is 22.0 Å². The first-order valence-electron chi connectivity index (χ1n) is 10.1. The third kappa shape index (κ3) is 5.48. The van der Waals surface area contributed by atoms with Crippen molar-refractivity contribution in [3.63, 3.8) is 0 Å². The van der Waals surface area contributed by atoms with Crippen LogP contribution in [0.25, 0.3) is 0 Å². The zero-order valence-electron chi connectivity index (χ0n) is 18.5. The zero-order chi connectivity index (χ0) is 22.9. The van der Waals surface area contributed by atoms with Crippen molar-refractivity contribution in [3.05, 3.63) is 96.4 Å². The third-order valence-electron chi connectivity index (χ3n) is 5.59. The molecule has 3 aromatic carbocycles. The lowest BCUT2D eigenvalue weighted by Gasteiger charge is -2.25. The number of hydrogen-bond donors (Lipinski definition) is 0. The Kier molecular flexibility index (Phi) is 7.47. The molecule has 0 spiro atoms. The first kappa shape index (κ1) is 24.2. The van der Waals surface area contributed by atoms with Crippen LogP contribution in [0.1, 0.15) is 38.9 Å². The molecule has 164 valence electrons. The average Bonchev–Trinajstić information content (AvgIpc) is 2.69. The molecule has 0 radical (unpaired) electrons. The quantitative estimate of drug-likeness (QED) is 0.319. The Balaban J connectivity index is 2.08. The molecule has 3 rings (SSSR count). The Bertz CT molecular complexity index is 1160. The van der Waals surface area contributed by atoms with Crippen molar-refractivity contribution >= 4 is 41.9 Å². The smallest absolute Gasteiger partial charge is 0.207 e. The molecule has 0 bridgehead atoms. The Morgan fingerprint density at radius 3 is 1.52 bits per heavy atom. The fourth-order valence-corrected chi connectivity index (χ4v) is 5.80. The van der Waals surface area contributed by atoms with E-state index in [0.29, 0.717) is 18.0 Å². The molecule has 31 heavy (non-hydrogen) atoms. The van der Waals surface area contributed by atoms with E-state index in [-0.39, 0.29) is 0 Å². The molecule has 3 nitrogen and oxygen atoms in total. The van der Waals surface area contributed by atoms with Crippen molar-refractivity contribution in [2.75, 3.05) is 0 Å². The summed E-state index contributed by atoms with van der Waals surface area (Å²) in [7, 11) is -3.68. The first-order valence-corrected chi connectivity index (χ1v) is 13.1. The van der Waals surface area contributed by atoms with E-state index in [1.807, 2.05) is 46.8 Å². The van der Waals surface area contributed by atoms with E-state index in [0.717, 1.165) is 47.9 Å². The molecule has 0 saturated heterocycles. The summed E-state index contributed by atoms with van der Waals surface area (Å²) < 4.78 is 31.0. The van der Waals surface area contributed by atoms with Crippen molar-refractivity contribution in [1.29, 1.82) is 0 Å². The van der Waals surface area contributed by atoms with Gasteiger partial charge in [0.2, 0.25) is 10.0 Å². The van der Waals surface area contributed by atoms with Gasteiger partial charge in [-0.25, -0.2) is 8.42 Å². The molecule has 0 unspecified atom stereocenters. The Hall–Kier alpha value is -1.47. The van der Waals surface area contributed by atoms with Crippen LogP contribution in [0, 0.1) is 34.6 Å². The number of sulfonamides is 1. The summed E-state index contributed by atoms with van der Waals surface area (Å²) in [5.74, 6) is 0. The lowest BCUT2D eigenvalue weighted by Crippen LogP contribution is -2.31. The summed E-state index contributed by atoms with van der Waals surface area (Å²) in [5, 5.41) is 0. The van der Waals surface area contributed by atoms with Crippen LogP contribution in [0.4, 0.5) is 0 Å². The molecule has 0 saturated carbocycles. The normalized spacial score (nSPS) is 11.9. The van der Waals surface area contributed by atoms with Gasteiger partial charge >= 0.3 is 0 Å². The molecule has 0 amide bonds. The van der Waals surface area contributed by atoms with Gasteiger partial charge in [-0.3, -0.25) is 0 Å². The van der Waals surface area contributed by atoms with Gasteiger partial charge in [-0.2, -0.15) is 4.31 Å². The maximum Gasteiger partial charge on any atom is 0.243 e.